The topological polar surface area (TPSA) is 45.2 Å². The van der Waals surface area contributed by atoms with Crippen molar-refractivity contribution in [1.82, 2.24) is 15.2 Å². The van der Waals surface area contributed by atoms with E-state index in [0.717, 1.165) is 48.3 Å². The molecular formula is C16H23Cl2N3OS2. The molecular weight excluding hydrogens is 385 g/mol. The molecule has 1 aliphatic heterocycles. The molecule has 8 heteroatoms. The third kappa shape index (κ3) is 5.17. The maximum atomic E-state index is 12.6. The van der Waals surface area contributed by atoms with E-state index in [1.54, 1.807) is 22.7 Å². The minimum absolute atomic E-state index is 0. The van der Waals surface area contributed by atoms with Gasteiger partial charge in [0.05, 0.1) is 4.88 Å². The zero-order valence-corrected chi connectivity index (χ0v) is 16.8. The van der Waals surface area contributed by atoms with Crippen molar-refractivity contribution < 1.29 is 4.79 Å². The Balaban J connectivity index is 0.00000144. The first-order chi connectivity index (χ1) is 10.8. The van der Waals surface area contributed by atoms with E-state index < -0.39 is 0 Å². The van der Waals surface area contributed by atoms with Crippen LogP contribution in [0.2, 0.25) is 0 Å². The molecule has 0 saturated carbocycles. The molecule has 24 heavy (non-hydrogen) atoms. The molecule has 3 rings (SSSR count). The molecule has 0 spiro atoms. The van der Waals surface area contributed by atoms with Crippen molar-refractivity contribution in [2.75, 3.05) is 26.7 Å². The fraction of sp³-hybridized carbons (Fsp3) is 0.500. The van der Waals surface area contributed by atoms with Gasteiger partial charge in [0.1, 0.15) is 10.7 Å². The molecule has 134 valence electrons. The first-order valence-electron chi connectivity index (χ1n) is 7.71. The highest BCUT2D eigenvalue weighted by Crippen LogP contribution is 2.29. The summed E-state index contributed by atoms with van der Waals surface area (Å²) in [6.45, 7) is 2.78. The number of carbonyl (C=O) groups is 1. The van der Waals surface area contributed by atoms with E-state index in [1.807, 2.05) is 34.8 Å². The lowest BCUT2D eigenvalue weighted by molar-refractivity contribution is 0.0682. The number of nitrogens with one attached hydrogen (secondary N) is 1. The number of rotatable bonds is 5. The van der Waals surface area contributed by atoms with Crippen LogP contribution in [0.15, 0.2) is 22.9 Å². The van der Waals surface area contributed by atoms with E-state index in [1.165, 1.54) is 6.42 Å². The fourth-order valence-corrected chi connectivity index (χ4v) is 4.43. The maximum absolute atomic E-state index is 12.6. The van der Waals surface area contributed by atoms with Crippen LogP contribution in [0.4, 0.5) is 0 Å². The van der Waals surface area contributed by atoms with Gasteiger partial charge in [0.2, 0.25) is 0 Å². The number of thiophene rings is 1. The molecule has 1 saturated heterocycles. The van der Waals surface area contributed by atoms with E-state index >= 15 is 0 Å². The molecule has 0 atom stereocenters. The van der Waals surface area contributed by atoms with E-state index in [2.05, 4.69) is 10.3 Å². The number of piperidine rings is 1. The normalized spacial score (nSPS) is 14.8. The summed E-state index contributed by atoms with van der Waals surface area (Å²) >= 11 is 3.22. The molecule has 0 bridgehead atoms. The Bertz CT molecular complexity index is 611. The van der Waals surface area contributed by atoms with Gasteiger partial charge in [-0.3, -0.25) is 4.79 Å². The summed E-state index contributed by atoms with van der Waals surface area (Å²) in [7, 11) is 1.99. The molecule has 4 nitrogen and oxygen atoms in total. The van der Waals surface area contributed by atoms with Crippen LogP contribution in [-0.4, -0.2) is 42.5 Å². The second kappa shape index (κ2) is 10.4. The molecule has 0 unspecified atom stereocenters. The quantitative estimate of drug-likeness (QED) is 0.808. The van der Waals surface area contributed by atoms with E-state index in [9.17, 15) is 4.79 Å². The minimum atomic E-state index is 0. The van der Waals surface area contributed by atoms with Gasteiger partial charge >= 0.3 is 0 Å². The Morgan fingerprint density at radius 2 is 2.08 bits per heavy atom. The zero-order chi connectivity index (χ0) is 15.4. The van der Waals surface area contributed by atoms with Gasteiger partial charge in [0.25, 0.3) is 5.91 Å². The summed E-state index contributed by atoms with van der Waals surface area (Å²) in [6.07, 6.45) is 3.42. The monoisotopic (exact) mass is 407 g/mol. The molecule has 0 radical (unpaired) electrons. The predicted molar refractivity (Wildman–Crippen MR) is 107 cm³/mol. The Labute approximate surface area is 163 Å². The number of aromatic nitrogens is 1. The molecule has 0 aromatic carbocycles. The van der Waals surface area contributed by atoms with Crippen LogP contribution < -0.4 is 5.32 Å². The Hall–Kier alpha value is -0.660. The van der Waals surface area contributed by atoms with Crippen molar-refractivity contribution in [3.05, 3.63) is 28.6 Å². The summed E-state index contributed by atoms with van der Waals surface area (Å²) < 4.78 is 0. The van der Waals surface area contributed by atoms with E-state index in [-0.39, 0.29) is 30.7 Å². The first-order valence-corrected chi connectivity index (χ1v) is 9.47. The molecule has 2 aromatic rings. The van der Waals surface area contributed by atoms with Crippen LogP contribution in [0.25, 0.3) is 9.88 Å². The van der Waals surface area contributed by atoms with Crippen LogP contribution in [0, 0.1) is 5.92 Å². The lowest BCUT2D eigenvalue weighted by atomic mass is 9.93. The summed E-state index contributed by atoms with van der Waals surface area (Å²) in [5.41, 5.74) is 0.599. The summed E-state index contributed by atoms with van der Waals surface area (Å²) in [5.74, 6) is 0.833. The first kappa shape index (κ1) is 21.4. The number of amides is 1. The zero-order valence-electron chi connectivity index (χ0n) is 13.6. The second-order valence-electron chi connectivity index (χ2n) is 5.64. The second-order valence-corrected chi connectivity index (χ2v) is 7.45. The highest BCUT2D eigenvalue weighted by Gasteiger charge is 2.25. The summed E-state index contributed by atoms with van der Waals surface area (Å²) in [4.78, 5) is 20.2. The number of halogens is 2. The predicted octanol–water partition coefficient (Wildman–Crippen LogP) is 4.18. The largest absolute Gasteiger partial charge is 0.337 e. The molecule has 3 heterocycles. The molecule has 2 aromatic heterocycles. The SMILES string of the molecule is CNCCC1CCN(C(=O)c2csc(-c3cccs3)n2)CC1.Cl.Cl. The Morgan fingerprint density at radius 3 is 2.71 bits per heavy atom. The average Bonchev–Trinajstić information content (AvgIpc) is 3.23. The number of carbonyl (C=O) groups excluding carboxylic acids is 1. The number of nitrogens with zero attached hydrogens (tertiary/aromatic N) is 2. The van der Waals surface area contributed by atoms with Crippen LogP contribution in [0.5, 0.6) is 0 Å². The van der Waals surface area contributed by atoms with Crippen molar-refractivity contribution in [2.45, 2.75) is 19.3 Å². The van der Waals surface area contributed by atoms with E-state index in [4.69, 9.17) is 0 Å². The third-order valence-electron chi connectivity index (χ3n) is 4.16. The van der Waals surface area contributed by atoms with Crippen molar-refractivity contribution in [1.29, 1.82) is 0 Å². The van der Waals surface area contributed by atoms with E-state index in [0.29, 0.717) is 5.69 Å². The molecule has 1 N–H and O–H groups in total. The molecule has 1 aliphatic rings. The van der Waals surface area contributed by atoms with Crippen molar-refractivity contribution in [2.24, 2.45) is 5.92 Å². The average molecular weight is 408 g/mol. The smallest absolute Gasteiger partial charge is 0.273 e. The highest BCUT2D eigenvalue weighted by molar-refractivity contribution is 7.20. The minimum Gasteiger partial charge on any atom is -0.337 e. The van der Waals surface area contributed by atoms with Gasteiger partial charge in [-0.2, -0.15) is 0 Å². The lowest BCUT2D eigenvalue weighted by Crippen LogP contribution is -2.39. The highest BCUT2D eigenvalue weighted by atomic mass is 35.5. The van der Waals surface area contributed by atoms with Gasteiger partial charge in [-0.25, -0.2) is 4.98 Å². The van der Waals surface area contributed by atoms with Crippen LogP contribution in [0.1, 0.15) is 29.8 Å². The Kier molecular flexibility index (Phi) is 9.23. The van der Waals surface area contributed by atoms with Gasteiger partial charge in [-0.1, -0.05) is 6.07 Å². The lowest BCUT2D eigenvalue weighted by Gasteiger charge is -2.31. The molecule has 0 aliphatic carbocycles. The van der Waals surface area contributed by atoms with Gasteiger partial charge in [0, 0.05) is 18.5 Å². The van der Waals surface area contributed by atoms with Crippen molar-refractivity contribution in [3.63, 3.8) is 0 Å². The van der Waals surface area contributed by atoms with Gasteiger partial charge in [-0.15, -0.1) is 47.5 Å². The molecule has 1 fully saturated rings. The number of thiazole rings is 1. The fourth-order valence-electron chi connectivity index (χ4n) is 2.82. The number of hydrogen-bond donors (Lipinski definition) is 1. The van der Waals surface area contributed by atoms with Crippen LogP contribution >= 0.6 is 47.5 Å². The Morgan fingerprint density at radius 1 is 1.33 bits per heavy atom. The summed E-state index contributed by atoms with van der Waals surface area (Å²) in [6, 6.07) is 4.06. The van der Waals surface area contributed by atoms with Gasteiger partial charge in [0.15, 0.2) is 0 Å². The van der Waals surface area contributed by atoms with Crippen molar-refractivity contribution in [3.8, 4) is 9.88 Å². The van der Waals surface area contributed by atoms with Crippen LogP contribution in [0.3, 0.4) is 0 Å². The third-order valence-corrected chi connectivity index (χ3v) is 6.04. The van der Waals surface area contributed by atoms with Gasteiger partial charge in [-0.05, 0) is 50.2 Å². The summed E-state index contributed by atoms with van der Waals surface area (Å²) in [5, 5.41) is 8.08. The maximum Gasteiger partial charge on any atom is 0.273 e. The standard InChI is InChI=1S/C16H21N3OS2.2ClH/c1-17-7-4-12-5-8-19(9-6-12)16(20)13-11-22-15(18-13)14-3-2-10-21-14;;/h2-3,10-12,17H,4-9H2,1H3;2*1H. The van der Waals surface area contributed by atoms with Crippen LogP contribution in [-0.2, 0) is 0 Å². The number of hydrogen-bond acceptors (Lipinski definition) is 5. The van der Waals surface area contributed by atoms with Crippen molar-refractivity contribution >= 4 is 53.4 Å². The van der Waals surface area contributed by atoms with Gasteiger partial charge < -0.3 is 10.2 Å². The molecule has 1 amide bonds. The number of likely N-dealkylation sites (tertiary alicyclic amines) is 1.